The number of benzene rings is 1. The molecule has 0 unspecified atom stereocenters. The molecule has 0 atom stereocenters. The van der Waals surface area contributed by atoms with Gasteiger partial charge in [-0.05, 0) is 13.0 Å². The molecule has 12 heavy (non-hydrogen) atoms. The number of rotatable bonds is 1. The molecule has 0 aliphatic carbocycles. The van der Waals surface area contributed by atoms with E-state index < -0.39 is 0 Å². The van der Waals surface area contributed by atoms with Gasteiger partial charge in [0.1, 0.15) is 0 Å². The van der Waals surface area contributed by atoms with Crippen LogP contribution in [-0.2, 0) is 0 Å². The van der Waals surface area contributed by atoms with Gasteiger partial charge in [-0.2, -0.15) is 5.10 Å². The van der Waals surface area contributed by atoms with Crippen LogP contribution < -0.4 is 0 Å². The van der Waals surface area contributed by atoms with E-state index in [0.29, 0.717) is 5.71 Å². The normalized spacial score (nSPS) is 10.4. The van der Waals surface area contributed by atoms with E-state index >= 15 is 0 Å². The van der Waals surface area contributed by atoms with Crippen molar-refractivity contribution < 1.29 is 0 Å². The second-order valence-corrected chi connectivity index (χ2v) is 2.76. The maximum atomic E-state index is 7.51. The van der Waals surface area contributed by atoms with Crippen molar-refractivity contribution in [2.75, 3.05) is 0 Å². The predicted molar refractivity (Wildman–Crippen MR) is 48.6 cm³/mol. The van der Waals surface area contributed by atoms with E-state index in [2.05, 4.69) is 10.2 Å². The fourth-order valence-corrected chi connectivity index (χ4v) is 1.30. The molecule has 2 rings (SSSR count). The summed E-state index contributed by atoms with van der Waals surface area (Å²) in [5.74, 6) is 0. The lowest BCUT2D eigenvalue weighted by Gasteiger charge is -1.97. The Morgan fingerprint density at radius 2 is 2.33 bits per heavy atom. The molecule has 2 aromatic rings. The Morgan fingerprint density at radius 3 is 3.08 bits per heavy atom. The second kappa shape index (κ2) is 2.44. The van der Waals surface area contributed by atoms with Crippen LogP contribution in [0.2, 0.25) is 0 Å². The largest absolute Gasteiger partial charge is 0.305 e. The van der Waals surface area contributed by atoms with Crippen molar-refractivity contribution in [1.82, 2.24) is 10.2 Å². The molecule has 0 aliphatic heterocycles. The number of hydrogen-bond acceptors (Lipinski definition) is 2. The minimum atomic E-state index is 0.571. The Balaban J connectivity index is 2.82. The molecule has 0 amide bonds. The summed E-state index contributed by atoms with van der Waals surface area (Å²) >= 11 is 0. The van der Waals surface area contributed by atoms with Crippen LogP contribution in [-0.4, -0.2) is 15.9 Å². The molecule has 0 spiro atoms. The fourth-order valence-electron chi connectivity index (χ4n) is 1.30. The lowest BCUT2D eigenvalue weighted by Crippen LogP contribution is -1.91. The lowest BCUT2D eigenvalue weighted by molar-refractivity contribution is 1.12. The molecule has 0 saturated carbocycles. The van der Waals surface area contributed by atoms with Gasteiger partial charge in [0.05, 0.1) is 11.7 Å². The summed E-state index contributed by atoms with van der Waals surface area (Å²) in [7, 11) is 0. The first-order valence-electron chi connectivity index (χ1n) is 3.76. The van der Waals surface area contributed by atoms with E-state index in [4.69, 9.17) is 5.41 Å². The molecular formula is C9H9N3. The van der Waals surface area contributed by atoms with Crippen molar-refractivity contribution in [2.45, 2.75) is 6.92 Å². The van der Waals surface area contributed by atoms with Gasteiger partial charge in [0.2, 0.25) is 0 Å². The van der Waals surface area contributed by atoms with Crippen LogP contribution in [0.4, 0.5) is 0 Å². The molecule has 3 heteroatoms. The van der Waals surface area contributed by atoms with E-state index in [-0.39, 0.29) is 0 Å². The topological polar surface area (TPSA) is 52.5 Å². The van der Waals surface area contributed by atoms with E-state index in [1.54, 1.807) is 13.1 Å². The van der Waals surface area contributed by atoms with Gasteiger partial charge in [0, 0.05) is 16.7 Å². The summed E-state index contributed by atoms with van der Waals surface area (Å²) in [5.41, 5.74) is 2.50. The number of nitrogens with one attached hydrogen (secondary N) is 2. The average Bonchev–Trinajstić information content (AvgIpc) is 2.49. The molecule has 1 aromatic carbocycles. The third-order valence-corrected chi connectivity index (χ3v) is 1.89. The molecule has 1 aromatic heterocycles. The van der Waals surface area contributed by atoms with Crippen LogP contribution in [0.15, 0.2) is 24.4 Å². The first-order valence-corrected chi connectivity index (χ1v) is 3.76. The highest BCUT2D eigenvalue weighted by atomic mass is 15.1. The summed E-state index contributed by atoms with van der Waals surface area (Å²) in [5, 5.41) is 15.3. The predicted octanol–water partition coefficient (Wildman–Crippen LogP) is 1.95. The Bertz CT molecular complexity index is 428. The molecule has 0 radical (unpaired) electrons. The summed E-state index contributed by atoms with van der Waals surface area (Å²) in [6.45, 7) is 1.78. The molecule has 3 nitrogen and oxygen atoms in total. The quantitative estimate of drug-likeness (QED) is 0.614. The summed E-state index contributed by atoms with van der Waals surface area (Å²) in [4.78, 5) is 0. The average molecular weight is 159 g/mol. The molecule has 0 saturated heterocycles. The highest BCUT2D eigenvalue weighted by Crippen LogP contribution is 2.15. The molecular weight excluding hydrogens is 150 g/mol. The van der Waals surface area contributed by atoms with Crippen molar-refractivity contribution in [3.8, 4) is 0 Å². The first-order chi connectivity index (χ1) is 5.79. The Labute approximate surface area is 69.9 Å². The van der Waals surface area contributed by atoms with E-state index in [0.717, 1.165) is 16.5 Å². The Morgan fingerprint density at radius 1 is 1.50 bits per heavy atom. The zero-order valence-electron chi connectivity index (χ0n) is 6.76. The van der Waals surface area contributed by atoms with Crippen LogP contribution in [0.5, 0.6) is 0 Å². The highest BCUT2D eigenvalue weighted by molar-refractivity contribution is 6.07. The minimum Gasteiger partial charge on any atom is -0.305 e. The van der Waals surface area contributed by atoms with Gasteiger partial charge < -0.3 is 5.41 Å². The van der Waals surface area contributed by atoms with Crippen molar-refractivity contribution >= 4 is 16.6 Å². The van der Waals surface area contributed by atoms with Crippen molar-refractivity contribution in [3.05, 3.63) is 30.0 Å². The minimum absolute atomic E-state index is 0.571. The van der Waals surface area contributed by atoms with E-state index in [9.17, 15) is 0 Å². The summed E-state index contributed by atoms with van der Waals surface area (Å²) < 4.78 is 0. The van der Waals surface area contributed by atoms with Gasteiger partial charge in [-0.3, -0.25) is 5.10 Å². The number of fused-ring (bicyclic) bond motifs is 1. The van der Waals surface area contributed by atoms with Crippen LogP contribution in [0.1, 0.15) is 12.5 Å². The molecule has 0 fully saturated rings. The zero-order valence-corrected chi connectivity index (χ0v) is 6.76. The van der Waals surface area contributed by atoms with Gasteiger partial charge in [-0.25, -0.2) is 0 Å². The van der Waals surface area contributed by atoms with Crippen LogP contribution in [0.3, 0.4) is 0 Å². The molecule has 0 aliphatic rings. The molecule has 60 valence electrons. The van der Waals surface area contributed by atoms with Gasteiger partial charge in [0.15, 0.2) is 0 Å². The zero-order chi connectivity index (χ0) is 8.55. The lowest BCUT2D eigenvalue weighted by atomic mass is 10.1. The maximum Gasteiger partial charge on any atom is 0.0657 e. The molecule has 1 heterocycles. The van der Waals surface area contributed by atoms with Gasteiger partial charge >= 0.3 is 0 Å². The molecule has 2 N–H and O–H groups in total. The van der Waals surface area contributed by atoms with Gasteiger partial charge in [-0.1, -0.05) is 12.1 Å². The fraction of sp³-hybridized carbons (Fsp3) is 0.111. The van der Waals surface area contributed by atoms with E-state index in [1.807, 2.05) is 18.2 Å². The third kappa shape index (κ3) is 0.906. The highest BCUT2D eigenvalue weighted by Gasteiger charge is 2.02. The van der Waals surface area contributed by atoms with Gasteiger partial charge in [0.25, 0.3) is 0 Å². The SMILES string of the molecule is CC(=N)c1cccc2[nH]ncc12. The number of aromatic nitrogens is 2. The van der Waals surface area contributed by atoms with Gasteiger partial charge in [-0.15, -0.1) is 0 Å². The smallest absolute Gasteiger partial charge is 0.0657 e. The first kappa shape index (κ1) is 7.03. The number of H-pyrrole nitrogens is 1. The standard InChI is InChI=1S/C9H9N3/c1-6(10)7-3-2-4-9-8(7)5-11-12-9/h2-5,10H,1H3,(H,11,12). The number of nitrogens with zero attached hydrogens (tertiary/aromatic N) is 1. The van der Waals surface area contributed by atoms with E-state index in [1.165, 1.54) is 0 Å². The number of hydrogen-bond donors (Lipinski definition) is 2. The van der Waals surface area contributed by atoms with Crippen molar-refractivity contribution in [1.29, 1.82) is 5.41 Å². The number of aromatic amines is 1. The monoisotopic (exact) mass is 159 g/mol. The van der Waals surface area contributed by atoms with Crippen molar-refractivity contribution in [2.24, 2.45) is 0 Å². The molecule has 0 bridgehead atoms. The summed E-state index contributed by atoms with van der Waals surface area (Å²) in [6.07, 6.45) is 1.75. The van der Waals surface area contributed by atoms with Crippen LogP contribution in [0, 0.1) is 5.41 Å². The second-order valence-electron chi connectivity index (χ2n) is 2.76. The van der Waals surface area contributed by atoms with Crippen molar-refractivity contribution in [3.63, 3.8) is 0 Å². The Hall–Kier alpha value is -1.64. The third-order valence-electron chi connectivity index (χ3n) is 1.89. The summed E-state index contributed by atoms with van der Waals surface area (Å²) in [6, 6.07) is 5.81. The maximum absolute atomic E-state index is 7.51. The Kier molecular flexibility index (Phi) is 1.43. The van der Waals surface area contributed by atoms with Crippen LogP contribution in [0.25, 0.3) is 10.9 Å². The van der Waals surface area contributed by atoms with Crippen LogP contribution >= 0.6 is 0 Å².